The van der Waals surface area contributed by atoms with Gasteiger partial charge in [0.15, 0.2) is 5.96 Å². The van der Waals surface area contributed by atoms with Gasteiger partial charge in [0, 0.05) is 44.6 Å². The summed E-state index contributed by atoms with van der Waals surface area (Å²) in [6.45, 7) is 6.98. The number of nitrogens with zero attached hydrogens (tertiary/aromatic N) is 4. The second kappa shape index (κ2) is 7.68. The lowest BCUT2D eigenvalue weighted by atomic mass is 10.3. The number of guanidine groups is 1. The first kappa shape index (κ1) is 16.9. The summed E-state index contributed by atoms with van der Waals surface area (Å²) in [6.07, 6.45) is 4.77. The fourth-order valence-electron chi connectivity index (χ4n) is 2.64. The molecule has 0 saturated heterocycles. The minimum absolute atomic E-state index is 0.490. The van der Waals surface area contributed by atoms with Crippen LogP contribution in [0.3, 0.4) is 0 Å². The Hall–Kier alpha value is -1.49. The Balaban J connectivity index is 1.94. The Morgan fingerprint density at radius 2 is 2.18 bits per heavy atom. The summed E-state index contributed by atoms with van der Waals surface area (Å²) in [5, 5.41) is 3.40. The van der Waals surface area contributed by atoms with Crippen LogP contribution in [0.1, 0.15) is 32.4 Å². The average molecular weight is 305 g/mol. The second-order valence-electron chi connectivity index (χ2n) is 6.41. The molecule has 124 valence electrons. The van der Waals surface area contributed by atoms with Crippen LogP contribution < -0.4 is 5.32 Å². The maximum Gasteiger partial charge on any atom is 0.194 e. The second-order valence-corrected chi connectivity index (χ2v) is 6.41. The Morgan fingerprint density at radius 3 is 2.73 bits per heavy atom. The van der Waals surface area contributed by atoms with E-state index in [1.54, 1.807) is 0 Å². The van der Waals surface area contributed by atoms with Gasteiger partial charge in [0.25, 0.3) is 0 Å². The van der Waals surface area contributed by atoms with Gasteiger partial charge in [-0.1, -0.05) is 0 Å². The van der Waals surface area contributed by atoms with E-state index in [0.717, 1.165) is 31.6 Å². The van der Waals surface area contributed by atoms with Crippen LogP contribution in [0.15, 0.2) is 23.3 Å². The normalized spacial score (nSPS) is 16.9. The summed E-state index contributed by atoms with van der Waals surface area (Å²) in [7, 11) is 6.40. The molecular weight excluding hydrogens is 274 g/mol. The molecule has 22 heavy (non-hydrogen) atoms. The highest BCUT2D eigenvalue weighted by atomic mass is 15.3. The van der Waals surface area contributed by atoms with Gasteiger partial charge in [-0.2, -0.15) is 0 Å². The Labute approximate surface area is 135 Å². The molecule has 5 heteroatoms. The van der Waals surface area contributed by atoms with Crippen molar-refractivity contribution < 1.29 is 0 Å². The van der Waals surface area contributed by atoms with Crippen LogP contribution in [0.2, 0.25) is 0 Å². The zero-order valence-electron chi connectivity index (χ0n) is 14.7. The van der Waals surface area contributed by atoms with Gasteiger partial charge in [0.1, 0.15) is 0 Å². The summed E-state index contributed by atoms with van der Waals surface area (Å²) in [4.78, 5) is 9.49. The summed E-state index contributed by atoms with van der Waals surface area (Å²) < 4.78 is 2.16. The molecular formula is C17H31N5. The lowest BCUT2D eigenvalue weighted by Crippen LogP contribution is -2.40. The molecule has 0 bridgehead atoms. The predicted molar refractivity (Wildman–Crippen MR) is 93.1 cm³/mol. The van der Waals surface area contributed by atoms with Crippen LogP contribution in [0, 0.1) is 0 Å². The van der Waals surface area contributed by atoms with Gasteiger partial charge >= 0.3 is 0 Å². The topological polar surface area (TPSA) is 35.8 Å². The average Bonchev–Trinajstić information content (AvgIpc) is 3.27. The smallest absolute Gasteiger partial charge is 0.194 e. The van der Waals surface area contributed by atoms with Crippen molar-refractivity contribution in [1.82, 2.24) is 19.7 Å². The van der Waals surface area contributed by atoms with Crippen molar-refractivity contribution in [1.29, 1.82) is 0 Å². The molecule has 1 N–H and O–H groups in total. The van der Waals surface area contributed by atoms with Crippen LogP contribution in [0.25, 0.3) is 0 Å². The molecule has 5 nitrogen and oxygen atoms in total. The fraction of sp³-hybridized carbons (Fsp3) is 0.706. The minimum atomic E-state index is 0.490. The van der Waals surface area contributed by atoms with Gasteiger partial charge in [-0.3, -0.25) is 9.89 Å². The molecule has 0 aromatic carbocycles. The van der Waals surface area contributed by atoms with E-state index in [0.29, 0.717) is 6.04 Å². The number of rotatable bonds is 7. The molecule has 0 aliphatic heterocycles. The van der Waals surface area contributed by atoms with Gasteiger partial charge in [-0.25, -0.2) is 0 Å². The van der Waals surface area contributed by atoms with Crippen molar-refractivity contribution in [3.8, 4) is 0 Å². The van der Waals surface area contributed by atoms with Crippen molar-refractivity contribution in [2.75, 3.05) is 27.2 Å². The lowest BCUT2D eigenvalue weighted by molar-refractivity contribution is 0.252. The first-order valence-electron chi connectivity index (χ1n) is 8.34. The highest BCUT2D eigenvalue weighted by Gasteiger charge is 2.28. The van der Waals surface area contributed by atoms with Crippen LogP contribution >= 0.6 is 0 Å². The van der Waals surface area contributed by atoms with E-state index >= 15 is 0 Å². The number of nitrogens with one attached hydrogen (secondary N) is 1. The molecule has 0 spiro atoms. The van der Waals surface area contributed by atoms with E-state index in [1.807, 2.05) is 0 Å². The molecule has 1 aliphatic rings. The number of hydrogen-bond donors (Lipinski definition) is 1. The van der Waals surface area contributed by atoms with E-state index in [9.17, 15) is 0 Å². The maximum atomic E-state index is 4.84. The molecule has 1 aliphatic carbocycles. The standard InChI is InChI=1S/C17H31N5/c1-6-18-17(19-12-14(2)22(5)15-9-10-15)21(4)13-16-8-7-11-20(16)3/h7-8,11,14-15H,6,9-10,12-13H2,1-5H3,(H,18,19). The quantitative estimate of drug-likeness (QED) is 0.617. The molecule has 1 aromatic rings. The first-order valence-corrected chi connectivity index (χ1v) is 8.34. The third-order valence-corrected chi connectivity index (χ3v) is 4.47. The van der Waals surface area contributed by atoms with Crippen molar-refractivity contribution >= 4 is 5.96 Å². The third-order valence-electron chi connectivity index (χ3n) is 4.47. The fourth-order valence-corrected chi connectivity index (χ4v) is 2.64. The van der Waals surface area contributed by atoms with E-state index in [2.05, 4.69) is 73.0 Å². The van der Waals surface area contributed by atoms with Gasteiger partial charge in [0.2, 0.25) is 0 Å². The van der Waals surface area contributed by atoms with Crippen molar-refractivity contribution in [3.63, 3.8) is 0 Å². The lowest BCUT2D eigenvalue weighted by Gasteiger charge is -2.25. The van der Waals surface area contributed by atoms with Crippen molar-refractivity contribution in [2.45, 2.75) is 45.3 Å². The molecule has 1 saturated carbocycles. The van der Waals surface area contributed by atoms with Crippen LogP contribution in [0.5, 0.6) is 0 Å². The highest BCUT2D eigenvalue weighted by molar-refractivity contribution is 5.79. The molecule has 0 radical (unpaired) electrons. The highest BCUT2D eigenvalue weighted by Crippen LogP contribution is 2.26. The van der Waals surface area contributed by atoms with Crippen LogP contribution in [0.4, 0.5) is 0 Å². The Morgan fingerprint density at radius 1 is 1.45 bits per heavy atom. The van der Waals surface area contributed by atoms with Crippen LogP contribution in [-0.4, -0.2) is 59.6 Å². The van der Waals surface area contributed by atoms with E-state index < -0.39 is 0 Å². The number of likely N-dealkylation sites (N-methyl/N-ethyl adjacent to an activating group) is 1. The Kier molecular flexibility index (Phi) is 5.89. The summed E-state index contributed by atoms with van der Waals surface area (Å²) in [5.41, 5.74) is 1.29. The molecule has 1 heterocycles. The zero-order valence-corrected chi connectivity index (χ0v) is 14.7. The third kappa shape index (κ3) is 4.50. The molecule has 1 atom stereocenters. The monoisotopic (exact) mass is 305 g/mol. The zero-order chi connectivity index (χ0) is 16.1. The minimum Gasteiger partial charge on any atom is -0.357 e. The SMILES string of the molecule is CCNC(=NCC(C)N(C)C1CC1)N(C)Cc1cccn1C. The maximum absolute atomic E-state index is 4.84. The predicted octanol–water partition coefficient (Wildman–Crippen LogP) is 1.91. The molecule has 2 rings (SSSR count). The summed E-state index contributed by atoms with van der Waals surface area (Å²) in [6, 6.07) is 5.52. The van der Waals surface area contributed by atoms with Crippen molar-refractivity contribution in [2.24, 2.45) is 12.0 Å². The molecule has 1 fully saturated rings. The molecule has 0 amide bonds. The largest absolute Gasteiger partial charge is 0.357 e. The van der Waals surface area contributed by atoms with E-state index in [-0.39, 0.29) is 0 Å². The number of aromatic nitrogens is 1. The van der Waals surface area contributed by atoms with Gasteiger partial charge < -0.3 is 14.8 Å². The van der Waals surface area contributed by atoms with Gasteiger partial charge in [-0.15, -0.1) is 0 Å². The van der Waals surface area contributed by atoms with Crippen molar-refractivity contribution in [3.05, 3.63) is 24.0 Å². The number of aliphatic imine (C=N–C) groups is 1. The summed E-state index contributed by atoms with van der Waals surface area (Å²) in [5.74, 6) is 0.986. The van der Waals surface area contributed by atoms with Crippen LogP contribution in [-0.2, 0) is 13.6 Å². The number of aryl methyl sites for hydroxylation is 1. The Bertz CT molecular complexity index is 489. The molecule has 1 unspecified atom stereocenters. The molecule has 1 aromatic heterocycles. The van der Waals surface area contributed by atoms with E-state index in [4.69, 9.17) is 4.99 Å². The van der Waals surface area contributed by atoms with E-state index in [1.165, 1.54) is 18.5 Å². The number of hydrogen-bond acceptors (Lipinski definition) is 2. The first-order chi connectivity index (χ1) is 10.5. The summed E-state index contributed by atoms with van der Waals surface area (Å²) >= 11 is 0. The van der Waals surface area contributed by atoms with Gasteiger partial charge in [-0.05, 0) is 45.9 Å². The van der Waals surface area contributed by atoms with Gasteiger partial charge in [0.05, 0.1) is 13.1 Å².